The molecule has 0 aromatic heterocycles. The summed E-state index contributed by atoms with van der Waals surface area (Å²) >= 11 is 0. The van der Waals surface area contributed by atoms with Gasteiger partial charge in [-0.3, -0.25) is 15.4 Å². The molecule has 0 saturated carbocycles. The van der Waals surface area contributed by atoms with Crippen LogP contribution in [0.3, 0.4) is 0 Å². The summed E-state index contributed by atoms with van der Waals surface area (Å²) in [5, 5.41) is 12.8. The lowest BCUT2D eigenvalue weighted by Gasteiger charge is -2.02. The molecule has 0 atom stereocenters. The molecule has 0 heterocycles. The van der Waals surface area contributed by atoms with Gasteiger partial charge in [0.05, 0.1) is 4.92 Å². The average Bonchev–Trinajstić information content (AvgIpc) is 2.30. The molecule has 0 radical (unpaired) electrons. The summed E-state index contributed by atoms with van der Waals surface area (Å²) in [6.45, 7) is 1.93. The van der Waals surface area contributed by atoms with Gasteiger partial charge in [0.1, 0.15) is 5.75 Å². The van der Waals surface area contributed by atoms with Crippen molar-refractivity contribution in [3.05, 3.63) is 46.7 Å². The van der Waals surface area contributed by atoms with Crippen molar-refractivity contribution in [3.63, 3.8) is 0 Å². The summed E-state index contributed by atoms with van der Waals surface area (Å²) in [6.07, 6.45) is 3.41. The number of rotatable bonds is 4. The number of nitro groups is 1. The Morgan fingerprint density at radius 1 is 1.47 bits per heavy atom. The molecule has 0 aliphatic carbocycles. The molecule has 17 heavy (non-hydrogen) atoms. The number of carbonyl (C=O) groups excluding carboxylic acids is 1. The lowest BCUT2D eigenvalue weighted by molar-refractivity contribution is -0.384. The highest BCUT2D eigenvalue weighted by atomic mass is 16.6. The maximum Gasteiger partial charge on any atom is 0.416 e. The smallest absolute Gasteiger partial charge is 0.410 e. The van der Waals surface area contributed by atoms with Crippen LogP contribution in [0, 0.1) is 10.1 Å². The van der Waals surface area contributed by atoms with Crippen LogP contribution in [0.1, 0.15) is 13.3 Å². The quantitative estimate of drug-likeness (QED) is 0.643. The first kappa shape index (κ1) is 12.7. The summed E-state index contributed by atoms with van der Waals surface area (Å²) in [5.41, 5.74) is -0.0522. The summed E-state index contributed by atoms with van der Waals surface area (Å²) in [5.74, 6) is 0.248. The molecule has 1 rings (SSSR count). The Labute approximate surface area is 98.0 Å². The molecule has 0 bridgehead atoms. The second-order valence-electron chi connectivity index (χ2n) is 3.10. The number of hydrogen-bond acceptors (Lipinski definition) is 4. The molecule has 6 heteroatoms. The second kappa shape index (κ2) is 6.26. The third-order valence-corrected chi connectivity index (χ3v) is 1.81. The Balaban J connectivity index is 2.54. The van der Waals surface area contributed by atoms with Gasteiger partial charge in [-0.15, -0.1) is 0 Å². The number of hydrogen-bond donors (Lipinski definition) is 1. The molecule has 1 amide bonds. The Kier molecular flexibility index (Phi) is 4.68. The first-order valence-corrected chi connectivity index (χ1v) is 5.01. The number of ether oxygens (including phenoxy) is 1. The zero-order valence-corrected chi connectivity index (χ0v) is 9.25. The Bertz CT molecular complexity index is 426. The molecule has 1 N–H and O–H groups in total. The van der Waals surface area contributed by atoms with Gasteiger partial charge in [-0.2, -0.15) is 0 Å². The number of carbonyl (C=O) groups is 1. The summed E-state index contributed by atoms with van der Waals surface area (Å²) < 4.78 is 4.87. The molecular weight excluding hydrogens is 224 g/mol. The van der Waals surface area contributed by atoms with E-state index in [-0.39, 0.29) is 11.4 Å². The van der Waals surface area contributed by atoms with Crippen molar-refractivity contribution in [1.82, 2.24) is 5.32 Å². The fraction of sp³-hybridized carbons (Fsp3) is 0.182. The minimum Gasteiger partial charge on any atom is -0.410 e. The van der Waals surface area contributed by atoms with Crippen molar-refractivity contribution in [3.8, 4) is 5.75 Å². The molecule has 90 valence electrons. The van der Waals surface area contributed by atoms with Gasteiger partial charge in [-0.05, 0) is 18.6 Å². The maximum atomic E-state index is 11.2. The lowest BCUT2D eigenvalue weighted by Crippen LogP contribution is -2.21. The third-order valence-electron chi connectivity index (χ3n) is 1.81. The molecule has 1 aromatic carbocycles. The maximum absolute atomic E-state index is 11.2. The SMILES string of the molecule is CCC=CNC(=O)Oc1ccc([N+](=O)[O-])cc1. The standard InChI is InChI=1S/C11H12N2O4/c1-2-3-8-12-11(14)17-10-6-4-9(5-7-10)13(15)16/h3-8H,2H2,1H3,(H,12,14). The van der Waals surface area contributed by atoms with Crippen LogP contribution in [0.4, 0.5) is 10.5 Å². The van der Waals surface area contributed by atoms with Gasteiger partial charge in [0, 0.05) is 18.3 Å². The van der Waals surface area contributed by atoms with Crippen LogP contribution in [0.15, 0.2) is 36.5 Å². The van der Waals surface area contributed by atoms with Crippen molar-refractivity contribution in [2.45, 2.75) is 13.3 Å². The number of nitrogens with zero attached hydrogens (tertiary/aromatic N) is 1. The molecule has 0 fully saturated rings. The van der Waals surface area contributed by atoms with Gasteiger partial charge in [0.2, 0.25) is 0 Å². The Morgan fingerprint density at radius 2 is 2.12 bits per heavy atom. The number of allylic oxidation sites excluding steroid dienone is 1. The van der Waals surface area contributed by atoms with E-state index in [1.807, 2.05) is 6.92 Å². The van der Waals surface area contributed by atoms with Crippen molar-refractivity contribution in [2.24, 2.45) is 0 Å². The van der Waals surface area contributed by atoms with E-state index in [0.29, 0.717) is 0 Å². The third kappa shape index (κ3) is 4.33. The zero-order valence-electron chi connectivity index (χ0n) is 9.25. The van der Waals surface area contributed by atoms with Gasteiger partial charge < -0.3 is 4.74 Å². The molecule has 6 nitrogen and oxygen atoms in total. The van der Waals surface area contributed by atoms with Crippen LogP contribution in [0.25, 0.3) is 0 Å². The van der Waals surface area contributed by atoms with E-state index in [2.05, 4.69) is 5.32 Å². The van der Waals surface area contributed by atoms with Crippen molar-refractivity contribution >= 4 is 11.8 Å². The number of non-ortho nitro benzene ring substituents is 1. The molecule has 0 aliphatic heterocycles. The van der Waals surface area contributed by atoms with Crippen LogP contribution in [0.5, 0.6) is 5.75 Å². The number of nitro benzene ring substituents is 1. The normalized spacial score (nSPS) is 10.2. The summed E-state index contributed by atoms with van der Waals surface area (Å²) in [6, 6.07) is 5.26. The average molecular weight is 236 g/mol. The Hall–Kier alpha value is -2.37. The molecule has 1 aromatic rings. The predicted molar refractivity (Wildman–Crippen MR) is 61.7 cm³/mol. The van der Waals surface area contributed by atoms with Gasteiger partial charge in [0.15, 0.2) is 0 Å². The highest BCUT2D eigenvalue weighted by molar-refractivity contribution is 5.71. The summed E-state index contributed by atoms with van der Waals surface area (Å²) in [7, 11) is 0. The van der Waals surface area contributed by atoms with E-state index >= 15 is 0 Å². The fourth-order valence-corrected chi connectivity index (χ4v) is 1.02. The van der Waals surface area contributed by atoms with E-state index in [9.17, 15) is 14.9 Å². The molecule has 0 spiro atoms. The van der Waals surface area contributed by atoms with Crippen LogP contribution < -0.4 is 10.1 Å². The van der Waals surface area contributed by atoms with Crippen LogP contribution in [-0.4, -0.2) is 11.0 Å². The second-order valence-corrected chi connectivity index (χ2v) is 3.10. The monoisotopic (exact) mass is 236 g/mol. The van der Waals surface area contributed by atoms with Gasteiger partial charge in [-0.1, -0.05) is 13.0 Å². The van der Waals surface area contributed by atoms with E-state index < -0.39 is 11.0 Å². The molecular formula is C11H12N2O4. The zero-order chi connectivity index (χ0) is 12.7. The first-order valence-electron chi connectivity index (χ1n) is 5.01. The van der Waals surface area contributed by atoms with E-state index in [1.54, 1.807) is 6.08 Å². The van der Waals surface area contributed by atoms with E-state index in [4.69, 9.17) is 4.74 Å². The first-order chi connectivity index (χ1) is 8.13. The van der Waals surface area contributed by atoms with Gasteiger partial charge in [0.25, 0.3) is 5.69 Å². The van der Waals surface area contributed by atoms with Crippen LogP contribution in [0.2, 0.25) is 0 Å². The summed E-state index contributed by atoms with van der Waals surface area (Å²) in [4.78, 5) is 21.1. The topological polar surface area (TPSA) is 81.5 Å². The number of amides is 1. The van der Waals surface area contributed by atoms with Crippen molar-refractivity contribution in [1.29, 1.82) is 0 Å². The lowest BCUT2D eigenvalue weighted by atomic mass is 10.3. The highest BCUT2D eigenvalue weighted by Crippen LogP contribution is 2.17. The number of nitrogens with one attached hydrogen (secondary N) is 1. The fourth-order valence-electron chi connectivity index (χ4n) is 1.02. The molecule has 0 saturated heterocycles. The van der Waals surface area contributed by atoms with Crippen molar-refractivity contribution in [2.75, 3.05) is 0 Å². The Morgan fingerprint density at radius 3 is 2.65 bits per heavy atom. The number of benzene rings is 1. The van der Waals surface area contributed by atoms with Gasteiger partial charge in [-0.25, -0.2) is 4.79 Å². The minimum absolute atomic E-state index is 0.0522. The largest absolute Gasteiger partial charge is 0.416 e. The highest BCUT2D eigenvalue weighted by Gasteiger charge is 2.06. The predicted octanol–water partition coefficient (Wildman–Crippen LogP) is 2.61. The van der Waals surface area contributed by atoms with E-state index in [0.717, 1.165) is 6.42 Å². The van der Waals surface area contributed by atoms with Crippen molar-refractivity contribution < 1.29 is 14.5 Å². The molecule has 0 aliphatic rings. The van der Waals surface area contributed by atoms with Gasteiger partial charge >= 0.3 is 6.09 Å². The molecule has 0 unspecified atom stereocenters. The van der Waals surface area contributed by atoms with E-state index in [1.165, 1.54) is 30.5 Å². The minimum atomic E-state index is -0.636. The van der Waals surface area contributed by atoms with Crippen LogP contribution >= 0.6 is 0 Å². The van der Waals surface area contributed by atoms with Crippen LogP contribution in [-0.2, 0) is 0 Å².